The molecule has 0 unspecified atom stereocenters. The molecule has 0 spiro atoms. The van der Waals surface area contributed by atoms with Gasteiger partial charge in [0, 0.05) is 17.2 Å². The predicted octanol–water partition coefficient (Wildman–Crippen LogP) is 3.19. The van der Waals surface area contributed by atoms with E-state index in [-0.39, 0.29) is 23.5 Å². The van der Waals surface area contributed by atoms with Gasteiger partial charge in [-0.1, -0.05) is 43.7 Å². The number of nitrogens with zero attached hydrogens (tertiary/aromatic N) is 1. The highest BCUT2D eigenvalue weighted by atomic mass is 19.1. The highest BCUT2D eigenvalue weighted by molar-refractivity contribution is 6.24. The second kappa shape index (κ2) is 8.51. The number of hydrogen-bond donors (Lipinski definition) is 1. The zero-order valence-corrected chi connectivity index (χ0v) is 18.6. The summed E-state index contributed by atoms with van der Waals surface area (Å²) in [5.41, 5.74) is -0.688. The van der Waals surface area contributed by atoms with Crippen LogP contribution >= 0.6 is 0 Å². The summed E-state index contributed by atoms with van der Waals surface area (Å²) in [4.78, 5) is 53.4. The number of esters is 1. The molecular formula is C25H25FN2O5. The topological polar surface area (TPSA) is 92.8 Å². The number of amides is 2. The Morgan fingerprint density at radius 1 is 1.12 bits per heavy atom. The highest BCUT2D eigenvalue weighted by Crippen LogP contribution is 2.52. The van der Waals surface area contributed by atoms with Crippen LogP contribution in [0.25, 0.3) is 0 Å². The van der Waals surface area contributed by atoms with Gasteiger partial charge < -0.3 is 4.74 Å². The second-order valence-electron chi connectivity index (χ2n) is 8.48. The van der Waals surface area contributed by atoms with E-state index < -0.39 is 47.0 Å². The summed E-state index contributed by atoms with van der Waals surface area (Å²) in [6, 6.07) is 11.3. The molecule has 2 amide bonds. The van der Waals surface area contributed by atoms with Crippen molar-refractivity contribution in [2.45, 2.75) is 38.3 Å². The van der Waals surface area contributed by atoms with Gasteiger partial charge in [-0.05, 0) is 31.5 Å². The minimum Gasteiger partial charge on any atom is -0.468 e. The fourth-order valence-corrected chi connectivity index (χ4v) is 5.21. The molecular weight excluding hydrogens is 427 g/mol. The summed E-state index contributed by atoms with van der Waals surface area (Å²) in [5, 5.41) is 3.14. The van der Waals surface area contributed by atoms with Crippen LogP contribution in [-0.4, -0.2) is 36.2 Å². The lowest BCUT2D eigenvalue weighted by atomic mass is 9.77. The molecule has 33 heavy (non-hydrogen) atoms. The summed E-state index contributed by atoms with van der Waals surface area (Å²) >= 11 is 0. The van der Waals surface area contributed by atoms with Gasteiger partial charge >= 0.3 is 5.97 Å². The average Bonchev–Trinajstić information content (AvgIpc) is 3.28. The van der Waals surface area contributed by atoms with Crippen molar-refractivity contribution in [3.8, 4) is 0 Å². The first-order valence-electron chi connectivity index (χ1n) is 10.9. The van der Waals surface area contributed by atoms with E-state index in [1.54, 1.807) is 30.3 Å². The van der Waals surface area contributed by atoms with Crippen molar-refractivity contribution in [2.24, 2.45) is 11.8 Å². The van der Waals surface area contributed by atoms with Gasteiger partial charge in [0.25, 0.3) is 0 Å². The Morgan fingerprint density at radius 3 is 2.48 bits per heavy atom. The Kier molecular flexibility index (Phi) is 5.88. The van der Waals surface area contributed by atoms with E-state index in [0.29, 0.717) is 12.0 Å². The number of imide groups is 1. The highest BCUT2D eigenvalue weighted by Gasteiger charge is 2.68. The molecule has 2 heterocycles. The summed E-state index contributed by atoms with van der Waals surface area (Å²) in [5.74, 6) is -4.63. The molecule has 0 aliphatic carbocycles. The van der Waals surface area contributed by atoms with Gasteiger partial charge in [0.2, 0.25) is 11.8 Å². The molecule has 1 N–H and O–H groups in total. The van der Waals surface area contributed by atoms with Crippen LogP contribution in [0.3, 0.4) is 0 Å². The van der Waals surface area contributed by atoms with Crippen molar-refractivity contribution < 1.29 is 28.3 Å². The number of carbonyl (C=O) groups is 4. The number of fused-ring (bicyclic) bond motifs is 1. The monoisotopic (exact) mass is 452 g/mol. The first-order valence-corrected chi connectivity index (χ1v) is 10.9. The molecule has 0 bridgehead atoms. The maximum absolute atomic E-state index is 14.8. The smallest absolute Gasteiger partial charge is 0.326 e. The van der Waals surface area contributed by atoms with Crippen LogP contribution in [0.5, 0.6) is 0 Å². The molecule has 8 heteroatoms. The predicted molar refractivity (Wildman–Crippen MR) is 118 cm³/mol. The van der Waals surface area contributed by atoms with E-state index in [1.165, 1.54) is 32.2 Å². The minimum atomic E-state index is -1.49. The third-order valence-corrected chi connectivity index (χ3v) is 6.60. The maximum atomic E-state index is 14.8. The first kappa shape index (κ1) is 22.8. The minimum absolute atomic E-state index is 0.204. The Morgan fingerprint density at radius 2 is 1.85 bits per heavy atom. The molecule has 2 saturated heterocycles. The molecule has 4 atom stereocenters. The number of nitrogens with one attached hydrogen (secondary N) is 1. The molecule has 7 nitrogen and oxygen atoms in total. The van der Waals surface area contributed by atoms with E-state index in [4.69, 9.17) is 4.74 Å². The van der Waals surface area contributed by atoms with Gasteiger partial charge in [-0.15, -0.1) is 0 Å². The summed E-state index contributed by atoms with van der Waals surface area (Å²) in [6.07, 6.45) is 0.753. The normalized spacial score (nSPS) is 26.4. The zero-order chi connectivity index (χ0) is 23.9. The van der Waals surface area contributed by atoms with Crippen molar-refractivity contribution in [3.63, 3.8) is 0 Å². The number of ketones is 1. The van der Waals surface area contributed by atoms with E-state index in [0.717, 1.165) is 4.90 Å². The molecule has 0 radical (unpaired) electrons. The molecule has 2 aliphatic rings. The molecule has 2 aromatic carbocycles. The summed E-state index contributed by atoms with van der Waals surface area (Å²) < 4.78 is 19.9. The molecule has 4 rings (SSSR count). The van der Waals surface area contributed by atoms with Crippen molar-refractivity contribution in [1.29, 1.82) is 0 Å². The molecule has 2 fully saturated rings. The fourth-order valence-electron chi connectivity index (χ4n) is 5.21. The van der Waals surface area contributed by atoms with Gasteiger partial charge in [-0.25, -0.2) is 9.29 Å². The second-order valence-corrected chi connectivity index (χ2v) is 8.48. The molecule has 172 valence electrons. The molecule has 0 aromatic heterocycles. The van der Waals surface area contributed by atoms with Crippen LogP contribution < -0.4 is 10.2 Å². The molecule has 2 aromatic rings. The number of rotatable bonds is 6. The van der Waals surface area contributed by atoms with Gasteiger partial charge in [0.05, 0.1) is 24.6 Å². The van der Waals surface area contributed by atoms with Crippen molar-refractivity contribution in [3.05, 3.63) is 65.5 Å². The third-order valence-electron chi connectivity index (χ3n) is 6.60. The van der Waals surface area contributed by atoms with Crippen LogP contribution in [0.4, 0.5) is 10.1 Å². The number of anilines is 1. The van der Waals surface area contributed by atoms with Crippen LogP contribution in [0.1, 0.15) is 48.7 Å². The van der Waals surface area contributed by atoms with Gasteiger partial charge in [-0.3, -0.25) is 24.5 Å². The Balaban J connectivity index is 1.88. The maximum Gasteiger partial charge on any atom is 0.326 e. The standard InChI is InChI=1S/C25H25FN2O5/c1-4-12-25(24(32)33-3)20-19(21(27-25)17-10-5-6-11-18(17)26)22(30)28(23(20)31)16-9-7-8-15(13-16)14(2)29/h5-11,13,19-21,27H,4,12H2,1-3H3/t19-,20-,21-,25-/m0/s1. The van der Waals surface area contributed by atoms with Crippen LogP contribution in [0.15, 0.2) is 48.5 Å². The lowest BCUT2D eigenvalue weighted by Gasteiger charge is -2.32. The Bertz CT molecular complexity index is 1150. The largest absolute Gasteiger partial charge is 0.468 e. The molecule has 0 saturated carbocycles. The zero-order valence-electron chi connectivity index (χ0n) is 18.6. The number of halogens is 1. The summed E-state index contributed by atoms with van der Waals surface area (Å²) in [7, 11) is 1.22. The number of benzene rings is 2. The van der Waals surface area contributed by atoms with Crippen LogP contribution in [-0.2, 0) is 19.1 Å². The lowest BCUT2D eigenvalue weighted by molar-refractivity contribution is -0.152. The number of ether oxygens (including phenoxy) is 1. The van der Waals surface area contributed by atoms with Crippen LogP contribution in [0.2, 0.25) is 0 Å². The Labute approximate surface area is 190 Å². The summed E-state index contributed by atoms with van der Waals surface area (Å²) in [6.45, 7) is 3.25. The number of methoxy groups -OCH3 is 1. The SMILES string of the molecule is CCC[C@]1(C(=O)OC)N[C@@H](c2ccccc2F)[C@H]2C(=O)N(c3cccc(C(C)=O)c3)C(=O)[C@H]21. The lowest BCUT2D eigenvalue weighted by Crippen LogP contribution is -2.56. The first-order chi connectivity index (χ1) is 15.8. The van der Waals surface area contributed by atoms with Crippen molar-refractivity contribution in [1.82, 2.24) is 5.32 Å². The van der Waals surface area contributed by atoms with Gasteiger partial charge in [0.15, 0.2) is 5.78 Å². The quantitative estimate of drug-likeness (QED) is 0.411. The van der Waals surface area contributed by atoms with Gasteiger partial charge in [-0.2, -0.15) is 0 Å². The van der Waals surface area contributed by atoms with Gasteiger partial charge in [0.1, 0.15) is 11.4 Å². The van der Waals surface area contributed by atoms with Crippen LogP contribution in [0, 0.1) is 17.7 Å². The van der Waals surface area contributed by atoms with E-state index in [2.05, 4.69) is 5.32 Å². The third kappa shape index (κ3) is 3.45. The molecule has 2 aliphatic heterocycles. The average molecular weight is 452 g/mol. The van der Waals surface area contributed by atoms with E-state index in [1.807, 2.05) is 6.92 Å². The van der Waals surface area contributed by atoms with Crippen molar-refractivity contribution >= 4 is 29.3 Å². The van der Waals surface area contributed by atoms with E-state index >= 15 is 0 Å². The number of carbonyl (C=O) groups excluding carboxylic acids is 4. The Hall–Kier alpha value is -3.39. The fraction of sp³-hybridized carbons (Fsp3) is 0.360. The van der Waals surface area contributed by atoms with Crippen molar-refractivity contribution in [2.75, 3.05) is 12.0 Å². The number of hydrogen-bond acceptors (Lipinski definition) is 6. The number of Topliss-reactive ketones (excluding diaryl/α,β-unsaturated/α-hetero) is 1. The van der Waals surface area contributed by atoms with E-state index in [9.17, 15) is 23.6 Å².